The first kappa shape index (κ1) is 15.1. The molecule has 92 valence electrons. The highest BCUT2D eigenvalue weighted by molar-refractivity contribution is 6.65. The van der Waals surface area contributed by atoms with Crippen molar-refractivity contribution in [3.8, 4) is 0 Å². The Bertz CT molecular complexity index is 147. The van der Waals surface area contributed by atoms with Crippen LogP contribution in [0.15, 0.2) is 0 Å². The predicted molar refractivity (Wildman–Crippen MR) is 68.4 cm³/mol. The average Bonchev–Trinajstić information content (AvgIpc) is 2.26. The minimum Gasteiger partial charge on any atom is -0.398 e. The molecular weight excluding hydrogens is 204 g/mol. The molecule has 0 saturated carbocycles. The van der Waals surface area contributed by atoms with Gasteiger partial charge in [0.25, 0.3) is 0 Å². The first-order valence-electron chi connectivity index (χ1n) is 6.18. The Balaban J connectivity index is 3.64. The van der Waals surface area contributed by atoms with Crippen molar-refractivity contribution in [2.24, 2.45) is 5.92 Å². The molecule has 0 aromatic carbocycles. The van der Waals surface area contributed by atoms with Crippen molar-refractivity contribution in [3.05, 3.63) is 0 Å². The van der Waals surface area contributed by atoms with Crippen LogP contribution in [0, 0.1) is 5.92 Å². The highest BCUT2D eigenvalue weighted by Crippen LogP contribution is 2.21. The van der Waals surface area contributed by atoms with E-state index in [0.29, 0.717) is 0 Å². The Morgan fingerprint density at radius 1 is 1.07 bits per heavy atom. The van der Waals surface area contributed by atoms with Crippen molar-refractivity contribution >= 4 is 8.56 Å². The summed E-state index contributed by atoms with van der Waals surface area (Å²) >= 11 is 0. The third-order valence-electron chi connectivity index (χ3n) is 3.26. The highest BCUT2D eigenvalue weighted by atomic mass is 28.4. The summed E-state index contributed by atoms with van der Waals surface area (Å²) in [5.74, 6) is 0.814. The van der Waals surface area contributed by atoms with E-state index in [1.807, 2.05) is 0 Å². The van der Waals surface area contributed by atoms with Crippen LogP contribution in [0.3, 0.4) is 0 Å². The Labute approximate surface area is 96.6 Å². The average molecular weight is 232 g/mol. The van der Waals surface area contributed by atoms with Gasteiger partial charge in [0.05, 0.1) is 0 Å². The van der Waals surface area contributed by atoms with E-state index < -0.39 is 8.56 Å². The zero-order valence-corrected chi connectivity index (χ0v) is 12.1. The normalized spacial score (nSPS) is 14.2. The molecule has 0 aromatic rings. The molecule has 0 heterocycles. The van der Waals surface area contributed by atoms with Gasteiger partial charge in [0.1, 0.15) is 0 Å². The second-order valence-electron chi connectivity index (χ2n) is 4.68. The van der Waals surface area contributed by atoms with Crippen LogP contribution >= 0.6 is 0 Å². The third-order valence-corrected chi connectivity index (χ3v) is 6.18. The Kier molecular flexibility index (Phi) is 8.38. The summed E-state index contributed by atoms with van der Waals surface area (Å²) in [6, 6.07) is 1.12. The molecule has 0 spiro atoms. The summed E-state index contributed by atoms with van der Waals surface area (Å²) in [5.41, 5.74) is 0. The molecule has 15 heavy (non-hydrogen) atoms. The topological polar surface area (TPSA) is 18.5 Å². The summed E-state index contributed by atoms with van der Waals surface area (Å²) in [4.78, 5) is 0. The number of hydrogen-bond acceptors (Lipinski definition) is 2. The second-order valence-corrected chi connectivity index (χ2v) is 8.27. The Hall–Kier alpha value is 0.137. The molecule has 0 aromatic heterocycles. The van der Waals surface area contributed by atoms with Gasteiger partial charge in [0.2, 0.25) is 0 Å². The maximum atomic E-state index is 5.48. The SMILES string of the molecule is CCCCCC(C)CC[Si](C)(OC)OC. The predicted octanol–water partition coefficient (Wildman–Crippen LogP) is 3.96. The highest BCUT2D eigenvalue weighted by Gasteiger charge is 2.28. The van der Waals surface area contributed by atoms with E-state index in [2.05, 4.69) is 20.4 Å². The first-order chi connectivity index (χ1) is 7.08. The van der Waals surface area contributed by atoms with Crippen molar-refractivity contribution in [1.29, 1.82) is 0 Å². The van der Waals surface area contributed by atoms with Crippen LogP contribution in [-0.2, 0) is 8.85 Å². The van der Waals surface area contributed by atoms with Gasteiger partial charge in [-0.25, -0.2) is 0 Å². The van der Waals surface area contributed by atoms with Crippen LogP contribution in [0.2, 0.25) is 12.6 Å². The van der Waals surface area contributed by atoms with Gasteiger partial charge < -0.3 is 8.85 Å². The lowest BCUT2D eigenvalue weighted by molar-refractivity contribution is 0.245. The summed E-state index contributed by atoms with van der Waals surface area (Å²) in [7, 11) is 1.74. The fourth-order valence-electron chi connectivity index (χ4n) is 1.68. The summed E-state index contributed by atoms with van der Waals surface area (Å²) in [6.07, 6.45) is 6.65. The molecule has 3 heteroatoms. The number of hydrogen-bond donors (Lipinski definition) is 0. The van der Waals surface area contributed by atoms with Gasteiger partial charge in [-0.2, -0.15) is 0 Å². The largest absolute Gasteiger partial charge is 0.398 e. The lowest BCUT2D eigenvalue weighted by Gasteiger charge is -2.24. The van der Waals surface area contributed by atoms with Gasteiger partial charge in [-0.1, -0.05) is 39.5 Å². The van der Waals surface area contributed by atoms with E-state index in [4.69, 9.17) is 8.85 Å². The van der Waals surface area contributed by atoms with Crippen molar-refractivity contribution in [3.63, 3.8) is 0 Å². The van der Waals surface area contributed by atoms with Gasteiger partial charge in [-0.05, 0) is 24.9 Å². The molecule has 0 amide bonds. The van der Waals surface area contributed by atoms with Crippen molar-refractivity contribution in [1.82, 2.24) is 0 Å². The van der Waals surface area contributed by atoms with E-state index in [1.165, 1.54) is 32.1 Å². The van der Waals surface area contributed by atoms with Crippen LogP contribution in [0.1, 0.15) is 46.0 Å². The van der Waals surface area contributed by atoms with Gasteiger partial charge >= 0.3 is 8.56 Å². The molecule has 0 rings (SSSR count). The molecule has 0 aliphatic rings. The molecule has 0 N–H and O–H groups in total. The lowest BCUT2D eigenvalue weighted by Crippen LogP contribution is -2.36. The second kappa shape index (κ2) is 8.31. The van der Waals surface area contributed by atoms with E-state index in [9.17, 15) is 0 Å². The summed E-state index contributed by atoms with van der Waals surface area (Å²) < 4.78 is 11.0. The summed E-state index contributed by atoms with van der Waals surface area (Å²) in [5, 5.41) is 0. The minimum atomic E-state index is -1.81. The fourth-order valence-corrected chi connectivity index (χ4v) is 3.28. The molecule has 1 unspecified atom stereocenters. The fraction of sp³-hybridized carbons (Fsp3) is 1.00. The van der Waals surface area contributed by atoms with E-state index >= 15 is 0 Å². The lowest BCUT2D eigenvalue weighted by atomic mass is 10.0. The minimum absolute atomic E-state index is 0.814. The van der Waals surface area contributed by atoms with Gasteiger partial charge in [-0.3, -0.25) is 0 Å². The van der Waals surface area contributed by atoms with E-state index in [1.54, 1.807) is 14.2 Å². The molecule has 0 bridgehead atoms. The van der Waals surface area contributed by atoms with Gasteiger partial charge in [0.15, 0.2) is 0 Å². The van der Waals surface area contributed by atoms with Crippen molar-refractivity contribution in [2.75, 3.05) is 14.2 Å². The molecule has 0 saturated heterocycles. The molecule has 0 aliphatic heterocycles. The number of rotatable bonds is 9. The molecule has 0 radical (unpaired) electrons. The summed E-state index contributed by atoms with van der Waals surface area (Å²) in [6.45, 7) is 6.74. The van der Waals surface area contributed by atoms with Crippen LogP contribution in [0.5, 0.6) is 0 Å². The van der Waals surface area contributed by atoms with Crippen LogP contribution < -0.4 is 0 Å². The van der Waals surface area contributed by atoms with E-state index in [-0.39, 0.29) is 0 Å². The zero-order valence-electron chi connectivity index (χ0n) is 11.1. The standard InChI is InChI=1S/C12H28O2Si/c1-6-7-8-9-12(2)10-11-15(5,13-3)14-4/h12H,6-11H2,1-5H3. The van der Waals surface area contributed by atoms with Crippen molar-refractivity contribution < 1.29 is 8.85 Å². The number of unbranched alkanes of at least 4 members (excludes halogenated alkanes) is 2. The van der Waals surface area contributed by atoms with Gasteiger partial charge in [-0.15, -0.1) is 0 Å². The monoisotopic (exact) mass is 232 g/mol. The molecule has 0 fully saturated rings. The zero-order chi connectivity index (χ0) is 11.7. The van der Waals surface area contributed by atoms with Crippen LogP contribution in [0.4, 0.5) is 0 Å². The quantitative estimate of drug-likeness (QED) is 0.442. The maximum absolute atomic E-state index is 5.48. The van der Waals surface area contributed by atoms with E-state index in [0.717, 1.165) is 12.0 Å². The maximum Gasteiger partial charge on any atom is 0.334 e. The molecule has 2 nitrogen and oxygen atoms in total. The van der Waals surface area contributed by atoms with Crippen LogP contribution in [0.25, 0.3) is 0 Å². The Morgan fingerprint density at radius 3 is 2.13 bits per heavy atom. The molecule has 0 aliphatic carbocycles. The molecule has 1 atom stereocenters. The van der Waals surface area contributed by atoms with Gasteiger partial charge in [0, 0.05) is 14.2 Å². The third kappa shape index (κ3) is 7.09. The first-order valence-corrected chi connectivity index (χ1v) is 8.70. The molecular formula is C12H28O2Si. The Morgan fingerprint density at radius 2 is 1.67 bits per heavy atom. The van der Waals surface area contributed by atoms with Crippen LogP contribution in [-0.4, -0.2) is 22.8 Å². The smallest absolute Gasteiger partial charge is 0.334 e. The van der Waals surface area contributed by atoms with Crippen molar-refractivity contribution in [2.45, 2.75) is 58.5 Å².